The van der Waals surface area contributed by atoms with Crippen LogP contribution in [0.3, 0.4) is 0 Å². The minimum absolute atomic E-state index is 0.114. The van der Waals surface area contributed by atoms with Gasteiger partial charge in [0.25, 0.3) is 0 Å². The second-order valence-corrected chi connectivity index (χ2v) is 4.61. The number of hydrogen-bond donors (Lipinski definition) is 3. The lowest BCUT2D eigenvalue weighted by Crippen LogP contribution is -2.14. The van der Waals surface area contributed by atoms with Crippen molar-refractivity contribution in [1.82, 2.24) is 15.1 Å². The maximum Gasteiger partial charge on any atom is 0.237 e. The Hall–Kier alpha value is -2.29. The maximum absolute atomic E-state index is 11.6. The van der Waals surface area contributed by atoms with Gasteiger partial charge in [0.15, 0.2) is 5.16 Å². The Kier molecular flexibility index (Phi) is 3.85. The highest BCUT2D eigenvalue weighted by molar-refractivity contribution is 7.99. The zero-order valence-corrected chi connectivity index (χ0v) is 10.9. The van der Waals surface area contributed by atoms with E-state index in [1.165, 1.54) is 6.07 Å². The number of aromatic nitrogens is 3. The van der Waals surface area contributed by atoms with Crippen molar-refractivity contribution in [2.24, 2.45) is 0 Å². The number of hydrogen-bond acceptors (Lipinski definition) is 8. The monoisotopic (exact) mass is 280 g/mol. The second kappa shape index (κ2) is 5.57. The molecule has 0 radical (unpaired) electrons. The standard InChI is InChI=1S/C10H12N6O2S/c1-5-2-9(18-16-5)15-8(17)4-19-10-13-6(11)3-7(12)14-10/h2-3H,4H2,1H3,(H,15,17)(H4,11,12,13,14). The average Bonchev–Trinajstić information content (AvgIpc) is 2.71. The smallest absolute Gasteiger partial charge is 0.237 e. The summed E-state index contributed by atoms with van der Waals surface area (Å²) in [6, 6.07) is 3.07. The number of carbonyl (C=O) groups excluding carboxylic acids is 1. The van der Waals surface area contributed by atoms with E-state index < -0.39 is 0 Å². The Morgan fingerprint density at radius 3 is 2.63 bits per heavy atom. The number of nitrogen functional groups attached to an aromatic ring is 2. The number of aryl methyl sites for hydroxylation is 1. The van der Waals surface area contributed by atoms with Gasteiger partial charge in [0.2, 0.25) is 11.8 Å². The van der Waals surface area contributed by atoms with Crippen LogP contribution in [0.15, 0.2) is 21.8 Å². The van der Waals surface area contributed by atoms with E-state index in [1.807, 2.05) is 0 Å². The molecule has 0 aliphatic heterocycles. The molecule has 5 N–H and O–H groups in total. The van der Waals surface area contributed by atoms with E-state index in [0.29, 0.717) is 16.7 Å². The minimum atomic E-state index is -0.259. The molecule has 2 aromatic rings. The molecule has 0 bridgehead atoms. The van der Waals surface area contributed by atoms with E-state index in [4.69, 9.17) is 16.0 Å². The van der Waals surface area contributed by atoms with Gasteiger partial charge in [0.1, 0.15) is 11.6 Å². The Morgan fingerprint density at radius 2 is 2.05 bits per heavy atom. The van der Waals surface area contributed by atoms with Crippen molar-refractivity contribution in [3.63, 3.8) is 0 Å². The summed E-state index contributed by atoms with van der Waals surface area (Å²) in [5, 5.41) is 6.56. The van der Waals surface area contributed by atoms with Crippen molar-refractivity contribution >= 4 is 35.2 Å². The Morgan fingerprint density at radius 1 is 1.37 bits per heavy atom. The zero-order valence-electron chi connectivity index (χ0n) is 10.1. The molecule has 2 rings (SSSR count). The molecule has 19 heavy (non-hydrogen) atoms. The van der Waals surface area contributed by atoms with Crippen molar-refractivity contribution in [2.45, 2.75) is 12.1 Å². The molecular weight excluding hydrogens is 268 g/mol. The van der Waals surface area contributed by atoms with Crippen molar-refractivity contribution in [3.8, 4) is 0 Å². The van der Waals surface area contributed by atoms with Gasteiger partial charge in [0, 0.05) is 12.1 Å². The number of anilines is 3. The van der Waals surface area contributed by atoms with Crippen LogP contribution in [0.5, 0.6) is 0 Å². The van der Waals surface area contributed by atoms with Gasteiger partial charge in [-0.2, -0.15) is 0 Å². The molecule has 0 aliphatic carbocycles. The van der Waals surface area contributed by atoms with Gasteiger partial charge in [-0.3, -0.25) is 10.1 Å². The van der Waals surface area contributed by atoms with E-state index >= 15 is 0 Å². The van der Waals surface area contributed by atoms with Crippen LogP contribution in [0, 0.1) is 6.92 Å². The lowest BCUT2D eigenvalue weighted by Gasteiger charge is -2.02. The van der Waals surface area contributed by atoms with Crippen LogP contribution in [-0.4, -0.2) is 26.8 Å². The first-order valence-electron chi connectivity index (χ1n) is 5.29. The molecule has 9 heteroatoms. The summed E-state index contributed by atoms with van der Waals surface area (Å²) in [5.41, 5.74) is 11.7. The molecule has 0 aromatic carbocycles. The summed E-state index contributed by atoms with van der Waals surface area (Å²) >= 11 is 1.13. The summed E-state index contributed by atoms with van der Waals surface area (Å²) in [7, 11) is 0. The van der Waals surface area contributed by atoms with Crippen LogP contribution in [0.25, 0.3) is 0 Å². The molecule has 0 saturated carbocycles. The lowest BCUT2D eigenvalue weighted by atomic mass is 10.5. The van der Waals surface area contributed by atoms with E-state index in [1.54, 1.807) is 13.0 Å². The fourth-order valence-electron chi connectivity index (χ4n) is 1.25. The normalized spacial score (nSPS) is 10.4. The SMILES string of the molecule is Cc1cc(NC(=O)CSc2nc(N)cc(N)n2)on1. The molecule has 100 valence electrons. The molecular formula is C10H12N6O2S. The number of amides is 1. The van der Waals surface area contributed by atoms with Crippen LogP contribution in [0.1, 0.15) is 5.69 Å². The van der Waals surface area contributed by atoms with Gasteiger partial charge in [-0.05, 0) is 6.92 Å². The third-order valence-corrected chi connectivity index (χ3v) is 2.82. The van der Waals surface area contributed by atoms with Gasteiger partial charge in [-0.1, -0.05) is 16.9 Å². The van der Waals surface area contributed by atoms with Crippen molar-refractivity contribution in [2.75, 3.05) is 22.5 Å². The van der Waals surface area contributed by atoms with E-state index in [-0.39, 0.29) is 23.3 Å². The third kappa shape index (κ3) is 3.85. The largest absolute Gasteiger partial charge is 0.383 e. The number of carbonyl (C=O) groups is 1. The first kappa shape index (κ1) is 13.1. The summed E-state index contributed by atoms with van der Waals surface area (Å²) in [6.07, 6.45) is 0. The molecule has 2 heterocycles. The maximum atomic E-state index is 11.6. The van der Waals surface area contributed by atoms with Gasteiger partial charge in [0.05, 0.1) is 11.4 Å². The van der Waals surface area contributed by atoms with Crippen LogP contribution >= 0.6 is 11.8 Å². The summed E-state index contributed by atoms with van der Waals surface area (Å²) < 4.78 is 4.86. The fourth-order valence-corrected chi connectivity index (χ4v) is 1.92. The predicted molar refractivity (Wildman–Crippen MR) is 71.5 cm³/mol. The zero-order chi connectivity index (χ0) is 13.8. The summed E-state index contributed by atoms with van der Waals surface area (Å²) in [4.78, 5) is 19.5. The minimum Gasteiger partial charge on any atom is -0.383 e. The molecule has 2 aromatic heterocycles. The van der Waals surface area contributed by atoms with Crippen LogP contribution in [0.2, 0.25) is 0 Å². The molecule has 0 unspecified atom stereocenters. The van der Waals surface area contributed by atoms with Crippen LogP contribution in [-0.2, 0) is 4.79 Å². The molecule has 0 aliphatic rings. The van der Waals surface area contributed by atoms with Gasteiger partial charge in [-0.25, -0.2) is 9.97 Å². The van der Waals surface area contributed by atoms with Crippen LogP contribution < -0.4 is 16.8 Å². The molecule has 0 saturated heterocycles. The Bertz CT molecular complexity index is 579. The topological polar surface area (TPSA) is 133 Å². The number of nitrogens with two attached hydrogens (primary N) is 2. The molecule has 0 fully saturated rings. The highest BCUT2D eigenvalue weighted by atomic mass is 32.2. The lowest BCUT2D eigenvalue weighted by molar-refractivity contribution is -0.113. The van der Waals surface area contributed by atoms with E-state index in [0.717, 1.165) is 11.8 Å². The molecule has 0 atom stereocenters. The first-order valence-corrected chi connectivity index (χ1v) is 6.27. The second-order valence-electron chi connectivity index (χ2n) is 3.67. The van der Waals surface area contributed by atoms with E-state index in [9.17, 15) is 4.79 Å². The van der Waals surface area contributed by atoms with Gasteiger partial charge >= 0.3 is 0 Å². The Balaban J connectivity index is 1.89. The molecule has 1 amide bonds. The van der Waals surface area contributed by atoms with Gasteiger partial charge < -0.3 is 16.0 Å². The number of nitrogens with zero attached hydrogens (tertiary/aromatic N) is 3. The van der Waals surface area contributed by atoms with Crippen LogP contribution in [0.4, 0.5) is 17.5 Å². The fraction of sp³-hybridized carbons (Fsp3) is 0.200. The summed E-state index contributed by atoms with van der Waals surface area (Å²) in [6.45, 7) is 1.76. The third-order valence-electron chi connectivity index (χ3n) is 1.97. The average molecular weight is 280 g/mol. The highest BCUT2D eigenvalue weighted by Gasteiger charge is 2.09. The number of thioether (sulfide) groups is 1. The van der Waals surface area contributed by atoms with E-state index in [2.05, 4.69) is 20.4 Å². The summed E-state index contributed by atoms with van der Waals surface area (Å²) in [5.74, 6) is 0.687. The van der Waals surface area contributed by atoms with Gasteiger partial charge in [-0.15, -0.1) is 0 Å². The number of rotatable bonds is 4. The molecule has 8 nitrogen and oxygen atoms in total. The highest BCUT2D eigenvalue weighted by Crippen LogP contribution is 2.17. The predicted octanol–water partition coefficient (Wildman–Crippen LogP) is 0.668. The van der Waals surface area contributed by atoms with Crippen molar-refractivity contribution in [1.29, 1.82) is 0 Å². The Labute approximate surface area is 113 Å². The number of nitrogens with one attached hydrogen (secondary N) is 1. The van der Waals surface area contributed by atoms with Crippen molar-refractivity contribution in [3.05, 3.63) is 17.8 Å². The molecule has 0 spiro atoms. The quantitative estimate of drug-likeness (QED) is 0.549. The van der Waals surface area contributed by atoms with Crippen molar-refractivity contribution < 1.29 is 9.32 Å². The first-order chi connectivity index (χ1) is 9.02.